The molecule has 4 rings (SSSR count). The highest BCUT2D eigenvalue weighted by Gasteiger charge is 2.33. The van der Waals surface area contributed by atoms with Gasteiger partial charge in [0, 0.05) is 12.6 Å². The monoisotopic (exact) mass is 615 g/mol. The maximum absolute atomic E-state index is 14.1. The third-order valence-electron chi connectivity index (χ3n) is 7.38. The number of sulfonamides is 1. The van der Waals surface area contributed by atoms with Crippen LogP contribution >= 0.6 is 23.2 Å². The summed E-state index contributed by atoms with van der Waals surface area (Å²) in [5, 5.41) is 3.75. The van der Waals surface area contributed by atoms with Crippen molar-refractivity contribution in [2.75, 3.05) is 10.8 Å². The maximum atomic E-state index is 14.1. The third kappa shape index (κ3) is 7.61. The summed E-state index contributed by atoms with van der Waals surface area (Å²) >= 11 is 12.4. The second-order valence-corrected chi connectivity index (χ2v) is 13.3. The number of carbonyl (C=O) groups is 2. The molecule has 1 N–H and O–H groups in total. The van der Waals surface area contributed by atoms with Gasteiger partial charge in [0.05, 0.1) is 20.6 Å². The van der Waals surface area contributed by atoms with Crippen molar-refractivity contribution in [3.05, 3.63) is 93.5 Å². The number of nitrogens with one attached hydrogen (secondary N) is 1. The fraction of sp³-hybridized carbons (Fsp3) is 0.355. The molecule has 0 bridgehead atoms. The fourth-order valence-electron chi connectivity index (χ4n) is 4.96. The van der Waals surface area contributed by atoms with Crippen LogP contribution in [0.1, 0.15) is 49.3 Å². The van der Waals surface area contributed by atoms with E-state index in [9.17, 15) is 18.0 Å². The standard InChI is InChI=1S/C31H35Cl2N3O4S/c1-21-11-14-27(15-12-21)41(39,40)36(26-10-6-7-22(2)17-26)20-30(37)35(19-24-13-16-28(32)29(33)18-24)23(3)31(38)34-25-8-4-5-9-25/h6-7,10-18,23,25H,4-5,8-9,19-20H2,1-3H3,(H,34,38)/t23-/m0/s1. The van der Waals surface area contributed by atoms with E-state index in [-0.39, 0.29) is 23.4 Å². The second-order valence-electron chi connectivity index (χ2n) is 10.6. The van der Waals surface area contributed by atoms with Crippen LogP contribution in [0.5, 0.6) is 0 Å². The van der Waals surface area contributed by atoms with Gasteiger partial charge in [0.25, 0.3) is 10.0 Å². The molecule has 1 saturated carbocycles. The van der Waals surface area contributed by atoms with Crippen molar-refractivity contribution in [1.82, 2.24) is 10.2 Å². The summed E-state index contributed by atoms with van der Waals surface area (Å²) in [6, 6.07) is 17.7. The molecule has 7 nitrogen and oxygen atoms in total. The number of amides is 2. The first kappa shape index (κ1) is 30.9. The highest BCUT2D eigenvalue weighted by molar-refractivity contribution is 7.92. The first-order chi connectivity index (χ1) is 19.5. The van der Waals surface area contributed by atoms with Gasteiger partial charge in [-0.3, -0.25) is 13.9 Å². The molecule has 0 saturated heterocycles. The van der Waals surface area contributed by atoms with E-state index in [1.54, 1.807) is 55.5 Å². The largest absolute Gasteiger partial charge is 0.352 e. The summed E-state index contributed by atoms with van der Waals surface area (Å²) in [7, 11) is -4.12. The molecular weight excluding hydrogens is 581 g/mol. The Morgan fingerprint density at radius 3 is 2.24 bits per heavy atom. The number of carbonyl (C=O) groups excluding carboxylic acids is 2. The van der Waals surface area contributed by atoms with Gasteiger partial charge in [-0.15, -0.1) is 0 Å². The number of nitrogens with zero attached hydrogens (tertiary/aromatic N) is 2. The molecule has 0 spiro atoms. The van der Waals surface area contributed by atoms with Gasteiger partial charge in [-0.05, 0) is 81.1 Å². The molecule has 1 atom stereocenters. The molecule has 1 aliphatic carbocycles. The Morgan fingerprint density at radius 1 is 0.927 bits per heavy atom. The van der Waals surface area contributed by atoms with Gasteiger partial charge in [0.2, 0.25) is 11.8 Å². The van der Waals surface area contributed by atoms with Gasteiger partial charge >= 0.3 is 0 Å². The van der Waals surface area contributed by atoms with Gasteiger partial charge in [0.1, 0.15) is 12.6 Å². The first-order valence-electron chi connectivity index (χ1n) is 13.7. The number of hydrogen-bond acceptors (Lipinski definition) is 4. The quantitative estimate of drug-likeness (QED) is 0.291. The Balaban J connectivity index is 1.70. The predicted molar refractivity (Wildman–Crippen MR) is 164 cm³/mol. The summed E-state index contributed by atoms with van der Waals surface area (Å²) in [5.41, 5.74) is 2.78. The lowest BCUT2D eigenvalue weighted by molar-refractivity contribution is -0.139. The summed E-state index contributed by atoms with van der Waals surface area (Å²) in [6.07, 6.45) is 3.89. The Kier molecular flexibility index (Phi) is 10.00. The summed E-state index contributed by atoms with van der Waals surface area (Å²) in [4.78, 5) is 28.9. The minimum absolute atomic E-state index is 0.0429. The zero-order valence-corrected chi connectivity index (χ0v) is 25.8. The van der Waals surface area contributed by atoms with E-state index in [4.69, 9.17) is 23.2 Å². The van der Waals surface area contributed by atoms with E-state index in [2.05, 4.69) is 5.32 Å². The Bertz CT molecular complexity index is 1510. The van der Waals surface area contributed by atoms with Crippen LogP contribution in [-0.4, -0.2) is 43.8 Å². The molecule has 0 radical (unpaired) electrons. The molecule has 0 unspecified atom stereocenters. The molecule has 3 aromatic rings. The minimum Gasteiger partial charge on any atom is -0.352 e. The van der Waals surface area contributed by atoms with Crippen LogP contribution in [-0.2, 0) is 26.2 Å². The number of benzene rings is 3. The zero-order valence-electron chi connectivity index (χ0n) is 23.4. The molecule has 2 amide bonds. The van der Waals surface area contributed by atoms with Crippen LogP contribution < -0.4 is 9.62 Å². The Morgan fingerprint density at radius 2 is 1.61 bits per heavy atom. The lowest BCUT2D eigenvalue weighted by Gasteiger charge is -2.32. The number of halogens is 2. The molecule has 218 valence electrons. The van der Waals surface area contributed by atoms with E-state index < -0.39 is 28.5 Å². The molecule has 3 aromatic carbocycles. The summed E-state index contributed by atoms with van der Waals surface area (Å²) < 4.78 is 29.0. The average Bonchev–Trinajstić information content (AvgIpc) is 3.45. The van der Waals surface area contributed by atoms with Crippen molar-refractivity contribution < 1.29 is 18.0 Å². The molecule has 0 aromatic heterocycles. The van der Waals surface area contributed by atoms with Crippen molar-refractivity contribution in [2.45, 2.75) is 70.0 Å². The number of rotatable bonds is 10. The SMILES string of the molecule is Cc1ccc(S(=O)(=O)N(CC(=O)N(Cc2ccc(Cl)c(Cl)c2)[C@@H](C)C(=O)NC2CCCC2)c2cccc(C)c2)cc1. The predicted octanol–water partition coefficient (Wildman–Crippen LogP) is 6.28. The fourth-order valence-corrected chi connectivity index (χ4v) is 6.69. The lowest BCUT2D eigenvalue weighted by atomic mass is 10.1. The van der Waals surface area contributed by atoms with Crippen LogP contribution in [0.25, 0.3) is 0 Å². The average molecular weight is 617 g/mol. The van der Waals surface area contributed by atoms with Crippen molar-refractivity contribution in [3.8, 4) is 0 Å². The molecule has 10 heteroatoms. The second kappa shape index (κ2) is 13.3. The van der Waals surface area contributed by atoms with Gasteiger partial charge in [-0.25, -0.2) is 8.42 Å². The highest BCUT2D eigenvalue weighted by atomic mass is 35.5. The highest BCUT2D eigenvalue weighted by Crippen LogP contribution is 2.27. The van der Waals surface area contributed by atoms with E-state index in [0.29, 0.717) is 21.3 Å². The smallest absolute Gasteiger partial charge is 0.264 e. The van der Waals surface area contributed by atoms with Crippen LogP contribution in [0.2, 0.25) is 10.0 Å². The molecule has 0 heterocycles. The van der Waals surface area contributed by atoms with Gasteiger partial charge in [0.15, 0.2) is 0 Å². The van der Waals surface area contributed by atoms with Crippen molar-refractivity contribution >= 4 is 50.7 Å². The maximum Gasteiger partial charge on any atom is 0.264 e. The number of hydrogen-bond donors (Lipinski definition) is 1. The van der Waals surface area contributed by atoms with Crippen LogP contribution in [0.15, 0.2) is 71.6 Å². The zero-order chi connectivity index (χ0) is 29.7. The van der Waals surface area contributed by atoms with Crippen LogP contribution in [0.3, 0.4) is 0 Å². The Hall–Kier alpha value is -3.07. The van der Waals surface area contributed by atoms with Gasteiger partial charge in [-0.2, -0.15) is 0 Å². The number of aryl methyl sites for hydroxylation is 2. The normalized spacial score (nSPS) is 14.5. The van der Waals surface area contributed by atoms with Crippen LogP contribution in [0.4, 0.5) is 5.69 Å². The molecular formula is C31H35Cl2N3O4S. The van der Waals surface area contributed by atoms with E-state index in [0.717, 1.165) is 41.1 Å². The third-order valence-corrected chi connectivity index (χ3v) is 9.91. The Labute approximate surface area is 252 Å². The summed E-state index contributed by atoms with van der Waals surface area (Å²) in [5.74, 6) is -0.809. The lowest BCUT2D eigenvalue weighted by Crippen LogP contribution is -2.52. The van der Waals surface area contributed by atoms with E-state index in [1.807, 2.05) is 19.9 Å². The van der Waals surface area contributed by atoms with Crippen molar-refractivity contribution in [2.24, 2.45) is 0 Å². The molecule has 41 heavy (non-hydrogen) atoms. The molecule has 1 fully saturated rings. The van der Waals surface area contributed by atoms with E-state index >= 15 is 0 Å². The van der Waals surface area contributed by atoms with E-state index in [1.165, 1.54) is 17.0 Å². The minimum atomic E-state index is -4.12. The van der Waals surface area contributed by atoms with Crippen molar-refractivity contribution in [3.63, 3.8) is 0 Å². The summed E-state index contributed by atoms with van der Waals surface area (Å²) in [6.45, 7) is 4.93. The molecule has 0 aliphatic heterocycles. The van der Waals surface area contributed by atoms with Crippen molar-refractivity contribution in [1.29, 1.82) is 0 Å². The van der Waals surface area contributed by atoms with Gasteiger partial charge < -0.3 is 10.2 Å². The first-order valence-corrected chi connectivity index (χ1v) is 15.8. The number of anilines is 1. The molecule has 1 aliphatic rings. The topological polar surface area (TPSA) is 86.8 Å². The van der Waals surface area contributed by atoms with Crippen LogP contribution in [0, 0.1) is 13.8 Å². The van der Waals surface area contributed by atoms with Gasteiger partial charge in [-0.1, -0.05) is 71.9 Å².